The van der Waals surface area contributed by atoms with Crippen LogP contribution in [0.5, 0.6) is 5.88 Å². The van der Waals surface area contributed by atoms with E-state index >= 15 is 0 Å². The van der Waals surface area contributed by atoms with E-state index in [1.807, 2.05) is 0 Å². The Morgan fingerprint density at radius 1 is 1.50 bits per heavy atom. The molecule has 2 rings (SSSR count). The topological polar surface area (TPSA) is 59.1 Å². The van der Waals surface area contributed by atoms with E-state index in [0.717, 1.165) is 18.8 Å². The molecule has 0 radical (unpaired) electrons. The average molecular weight is 245 g/mol. The summed E-state index contributed by atoms with van der Waals surface area (Å²) in [6, 6.07) is 0.539. The van der Waals surface area contributed by atoms with Gasteiger partial charge in [0.1, 0.15) is 5.69 Å². The Morgan fingerprint density at radius 2 is 2.31 bits per heavy atom. The Hall–Kier alpha value is -0.910. The summed E-state index contributed by atoms with van der Waals surface area (Å²) in [5.41, 5.74) is 0.868. The number of ether oxygens (including phenoxy) is 1. The van der Waals surface area contributed by atoms with E-state index in [-0.39, 0.29) is 12.4 Å². The predicted molar refractivity (Wildman–Crippen MR) is 63.9 cm³/mol. The summed E-state index contributed by atoms with van der Waals surface area (Å²) in [7, 11) is 1.62. The lowest BCUT2D eigenvalue weighted by atomic mass is 10.2. The number of hydrogen-bond acceptors (Lipinski definition) is 5. The van der Waals surface area contributed by atoms with E-state index in [2.05, 4.69) is 20.6 Å². The third-order valence-corrected chi connectivity index (χ3v) is 2.55. The van der Waals surface area contributed by atoms with Crippen LogP contribution in [0.2, 0.25) is 0 Å². The molecular formula is C10H17ClN4O. The van der Waals surface area contributed by atoms with Crippen LogP contribution in [-0.2, 0) is 6.54 Å². The molecular weight excluding hydrogens is 228 g/mol. The molecule has 0 unspecified atom stereocenters. The third kappa shape index (κ3) is 3.30. The molecule has 5 nitrogen and oxygen atoms in total. The molecule has 0 saturated carbocycles. The quantitative estimate of drug-likeness (QED) is 0.801. The molecule has 6 heteroatoms. The van der Waals surface area contributed by atoms with Crippen molar-refractivity contribution in [2.75, 3.05) is 20.2 Å². The van der Waals surface area contributed by atoms with Crippen LogP contribution in [0.1, 0.15) is 12.1 Å². The maximum atomic E-state index is 5.13. The van der Waals surface area contributed by atoms with Gasteiger partial charge in [0.2, 0.25) is 5.88 Å². The van der Waals surface area contributed by atoms with Gasteiger partial charge in [-0.25, -0.2) is 4.98 Å². The second-order valence-electron chi connectivity index (χ2n) is 3.58. The first-order valence-corrected chi connectivity index (χ1v) is 5.18. The summed E-state index contributed by atoms with van der Waals surface area (Å²) in [5, 5.41) is 6.74. The fourth-order valence-corrected chi connectivity index (χ4v) is 1.72. The minimum Gasteiger partial charge on any atom is -0.480 e. The van der Waals surface area contributed by atoms with Crippen LogP contribution in [0.15, 0.2) is 12.4 Å². The second kappa shape index (κ2) is 6.62. The first kappa shape index (κ1) is 13.2. The Morgan fingerprint density at radius 3 is 3.00 bits per heavy atom. The maximum Gasteiger partial charge on any atom is 0.236 e. The Kier molecular flexibility index (Phi) is 5.45. The standard InChI is InChI=1S/C10H16N4O.ClH/c1-15-10-9(12-4-5-13-10)7-14-8-2-3-11-6-8;/h4-5,8,11,14H,2-3,6-7H2,1H3;1H/t8-;/m1./s1. The minimum absolute atomic E-state index is 0. The SMILES string of the molecule is COc1nccnc1CN[C@@H]1CCNC1.Cl. The van der Waals surface area contributed by atoms with Gasteiger partial charge in [0.25, 0.3) is 0 Å². The van der Waals surface area contributed by atoms with E-state index in [1.54, 1.807) is 19.5 Å². The number of hydrogen-bond donors (Lipinski definition) is 2. The molecule has 1 aromatic heterocycles. The normalized spacial score (nSPS) is 19.2. The van der Waals surface area contributed by atoms with Crippen molar-refractivity contribution in [2.24, 2.45) is 0 Å². The van der Waals surface area contributed by atoms with Gasteiger partial charge in [-0.05, 0) is 13.0 Å². The number of rotatable bonds is 4. The molecule has 0 bridgehead atoms. The van der Waals surface area contributed by atoms with E-state index in [9.17, 15) is 0 Å². The fraction of sp³-hybridized carbons (Fsp3) is 0.600. The fourth-order valence-electron chi connectivity index (χ4n) is 1.72. The highest BCUT2D eigenvalue weighted by Gasteiger charge is 2.14. The van der Waals surface area contributed by atoms with Crippen molar-refractivity contribution in [2.45, 2.75) is 19.0 Å². The van der Waals surface area contributed by atoms with Crippen LogP contribution in [0, 0.1) is 0 Å². The van der Waals surface area contributed by atoms with Crippen molar-refractivity contribution in [3.8, 4) is 5.88 Å². The Bertz CT molecular complexity index is 317. The molecule has 0 spiro atoms. The van der Waals surface area contributed by atoms with Crippen molar-refractivity contribution < 1.29 is 4.74 Å². The van der Waals surface area contributed by atoms with Gasteiger partial charge in [-0.2, -0.15) is 0 Å². The van der Waals surface area contributed by atoms with Gasteiger partial charge in [0.05, 0.1) is 7.11 Å². The van der Waals surface area contributed by atoms with Gasteiger partial charge < -0.3 is 15.4 Å². The zero-order valence-electron chi connectivity index (χ0n) is 9.27. The lowest BCUT2D eigenvalue weighted by molar-refractivity contribution is 0.385. The number of aromatic nitrogens is 2. The highest BCUT2D eigenvalue weighted by molar-refractivity contribution is 5.85. The molecule has 90 valence electrons. The maximum absolute atomic E-state index is 5.13. The molecule has 2 heterocycles. The van der Waals surface area contributed by atoms with Crippen LogP contribution >= 0.6 is 12.4 Å². The molecule has 2 N–H and O–H groups in total. The molecule has 0 aliphatic carbocycles. The highest BCUT2D eigenvalue weighted by atomic mass is 35.5. The molecule has 16 heavy (non-hydrogen) atoms. The Balaban J connectivity index is 0.00000128. The van der Waals surface area contributed by atoms with Crippen molar-refractivity contribution in [1.29, 1.82) is 0 Å². The number of nitrogens with zero attached hydrogens (tertiary/aromatic N) is 2. The van der Waals surface area contributed by atoms with Gasteiger partial charge in [0.15, 0.2) is 0 Å². The van der Waals surface area contributed by atoms with Crippen LogP contribution < -0.4 is 15.4 Å². The van der Waals surface area contributed by atoms with E-state index in [4.69, 9.17) is 4.74 Å². The van der Waals surface area contributed by atoms with Gasteiger partial charge in [-0.1, -0.05) is 0 Å². The van der Waals surface area contributed by atoms with E-state index in [0.29, 0.717) is 18.5 Å². The lowest BCUT2D eigenvalue weighted by Crippen LogP contribution is -2.30. The van der Waals surface area contributed by atoms with Crippen molar-refractivity contribution in [1.82, 2.24) is 20.6 Å². The van der Waals surface area contributed by atoms with Crippen LogP contribution in [-0.4, -0.2) is 36.2 Å². The molecule has 0 amide bonds. The van der Waals surface area contributed by atoms with Crippen LogP contribution in [0.3, 0.4) is 0 Å². The number of halogens is 1. The number of nitrogens with one attached hydrogen (secondary N) is 2. The van der Waals surface area contributed by atoms with Gasteiger partial charge >= 0.3 is 0 Å². The van der Waals surface area contributed by atoms with Crippen LogP contribution in [0.25, 0.3) is 0 Å². The van der Waals surface area contributed by atoms with Gasteiger partial charge in [0, 0.05) is 31.5 Å². The summed E-state index contributed by atoms with van der Waals surface area (Å²) in [4.78, 5) is 8.34. The summed E-state index contributed by atoms with van der Waals surface area (Å²) >= 11 is 0. The predicted octanol–water partition coefficient (Wildman–Crippen LogP) is 0.358. The molecule has 0 aromatic carbocycles. The second-order valence-corrected chi connectivity index (χ2v) is 3.58. The summed E-state index contributed by atoms with van der Waals surface area (Å²) < 4.78 is 5.13. The molecule has 1 aliphatic rings. The molecule has 1 aromatic rings. The summed E-state index contributed by atoms with van der Waals surface area (Å²) in [6.45, 7) is 2.83. The highest BCUT2D eigenvalue weighted by Crippen LogP contribution is 2.10. The minimum atomic E-state index is 0. The third-order valence-electron chi connectivity index (χ3n) is 2.55. The zero-order chi connectivity index (χ0) is 10.5. The molecule has 1 saturated heterocycles. The first-order valence-electron chi connectivity index (χ1n) is 5.18. The van der Waals surface area contributed by atoms with Gasteiger partial charge in [-0.15, -0.1) is 12.4 Å². The van der Waals surface area contributed by atoms with Gasteiger partial charge in [-0.3, -0.25) is 4.98 Å². The lowest BCUT2D eigenvalue weighted by Gasteiger charge is -2.11. The molecule has 1 aliphatic heterocycles. The molecule has 1 fully saturated rings. The Labute approximate surface area is 101 Å². The van der Waals surface area contributed by atoms with Crippen molar-refractivity contribution in [3.05, 3.63) is 18.1 Å². The smallest absolute Gasteiger partial charge is 0.236 e. The largest absolute Gasteiger partial charge is 0.480 e. The van der Waals surface area contributed by atoms with Crippen LogP contribution in [0.4, 0.5) is 0 Å². The number of methoxy groups -OCH3 is 1. The molecule has 1 atom stereocenters. The first-order chi connectivity index (χ1) is 7.40. The van der Waals surface area contributed by atoms with Crippen molar-refractivity contribution in [3.63, 3.8) is 0 Å². The monoisotopic (exact) mass is 244 g/mol. The van der Waals surface area contributed by atoms with Crippen molar-refractivity contribution >= 4 is 12.4 Å². The summed E-state index contributed by atoms with van der Waals surface area (Å²) in [6.07, 6.45) is 4.49. The van der Waals surface area contributed by atoms with E-state index in [1.165, 1.54) is 6.42 Å². The average Bonchev–Trinajstić information content (AvgIpc) is 2.79. The van der Waals surface area contributed by atoms with E-state index < -0.39 is 0 Å². The zero-order valence-corrected chi connectivity index (χ0v) is 10.1. The summed E-state index contributed by atoms with van der Waals surface area (Å²) in [5.74, 6) is 0.607.